The number of carbonyl (C=O) groups is 1. The van der Waals surface area contributed by atoms with Crippen LogP contribution in [-0.2, 0) is 11.0 Å². The summed E-state index contributed by atoms with van der Waals surface area (Å²) in [5, 5.41) is 5.48. The maximum atomic E-state index is 13.2. The molecule has 10 heteroatoms. The number of alkyl halides is 3. The van der Waals surface area contributed by atoms with Crippen LogP contribution in [0.25, 0.3) is 0 Å². The first-order chi connectivity index (χ1) is 12.7. The lowest BCUT2D eigenvalue weighted by Gasteiger charge is -2.15. The Bertz CT molecular complexity index is 890. The van der Waals surface area contributed by atoms with Crippen molar-refractivity contribution in [2.75, 3.05) is 16.4 Å². The van der Waals surface area contributed by atoms with E-state index in [1.165, 1.54) is 12.1 Å². The fourth-order valence-corrected chi connectivity index (χ4v) is 3.73. The molecular formula is C17H12BrClF3N3OS. The Morgan fingerprint density at radius 3 is 2.59 bits per heavy atom. The Morgan fingerprint density at radius 2 is 1.93 bits per heavy atom. The molecule has 0 bridgehead atoms. The zero-order valence-corrected chi connectivity index (χ0v) is 16.6. The smallest absolute Gasteiger partial charge is 0.333 e. The van der Waals surface area contributed by atoms with Crippen LogP contribution in [0.1, 0.15) is 5.56 Å². The number of amides is 1. The zero-order chi connectivity index (χ0) is 19.6. The van der Waals surface area contributed by atoms with E-state index in [1.807, 2.05) is 0 Å². The first-order valence-corrected chi connectivity index (χ1v) is 9.79. The topological polar surface area (TPSA) is 53.5 Å². The van der Waals surface area contributed by atoms with Crippen LogP contribution in [0.15, 0.2) is 51.9 Å². The number of para-hydroxylation sites is 1. The molecule has 2 aromatic rings. The third-order valence-electron chi connectivity index (χ3n) is 3.62. The molecule has 0 saturated heterocycles. The molecule has 4 nitrogen and oxygen atoms in total. The van der Waals surface area contributed by atoms with E-state index in [2.05, 4.69) is 31.6 Å². The predicted octanol–water partition coefficient (Wildman–Crippen LogP) is 5.64. The van der Waals surface area contributed by atoms with Crippen LogP contribution < -0.4 is 10.6 Å². The Kier molecular flexibility index (Phi) is 6.02. The molecule has 1 aliphatic heterocycles. The number of thioether (sulfide) groups is 1. The summed E-state index contributed by atoms with van der Waals surface area (Å²) in [5.74, 6) is -0.0203. The summed E-state index contributed by atoms with van der Waals surface area (Å²) in [7, 11) is 0. The highest BCUT2D eigenvalue weighted by atomic mass is 79.9. The van der Waals surface area contributed by atoms with Crippen LogP contribution >= 0.6 is 39.3 Å². The molecule has 2 aromatic carbocycles. The van der Waals surface area contributed by atoms with Crippen LogP contribution in [0.5, 0.6) is 0 Å². The van der Waals surface area contributed by atoms with Gasteiger partial charge in [-0.3, -0.25) is 4.79 Å². The van der Waals surface area contributed by atoms with Crippen LogP contribution in [0.3, 0.4) is 0 Å². The van der Waals surface area contributed by atoms with Crippen LogP contribution in [-0.4, -0.2) is 22.9 Å². The second kappa shape index (κ2) is 8.12. The average molecular weight is 479 g/mol. The number of benzene rings is 2. The predicted molar refractivity (Wildman–Crippen MR) is 107 cm³/mol. The van der Waals surface area contributed by atoms with Gasteiger partial charge in [0.25, 0.3) is 0 Å². The van der Waals surface area contributed by atoms with Crippen LogP contribution in [0.2, 0.25) is 5.02 Å². The number of rotatable bonds is 3. The normalized spacial score (nSPS) is 16.8. The Labute approximate surface area is 170 Å². The molecule has 1 atom stereocenters. The highest BCUT2D eigenvalue weighted by Crippen LogP contribution is 2.39. The number of nitrogens with zero attached hydrogens (tertiary/aromatic N) is 1. The number of amidine groups is 1. The van der Waals surface area contributed by atoms with Gasteiger partial charge < -0.3 is 10.6 Å². The number of anilines is 2. The molecular weight excluding hydrogens is 467 g/mol. The molecule has 1 amide bonds. The summed E-state index contributed by atoms with van der Waals surface area (Å²) in [6.07, 6.45) is -4.56. The molecule has 142 valence electrons. The number of aliphatic imine (C=N–C) groups is 1. The van der Waals surface area contributed by atoms with Crippen LogP contribution in [0, 0.1) is 0 Å². The Morgan fingerprint density at radius 1 is 1.22 bits per heavy atom. The van der Waals surface area contributed by atoms with Crippen molar-refractivity contribution in [2.45, 2.75) is 12.2 Å². The molecule has 0 aromatic heterocycles. The van der Waals surface area contributed by atoms with E-state index in [1.54, 1.807) is 24.3 Å². The minimum atomic E-state index is -4.56. The van der Waals surface area contributed by atoms with Gasteiger partial charge in [0, 0.05) is 15.9 Å². The minimum Gasteiger partial charge on any atom is -0.333 e. The second-order valence-corrected chi connectivity index (χ2v) is 7.87. The van der Waals surface area contributed by atoms with Gasteiger partial charge in [-0.15, -0.1) is 0 Å². The maximum Gasteiger partial charge on any atom is 0.418 e. The van der Waals surface area contributed by atoms with Gasteiger partial charge in [0.2, 0.25) is 5.91 Å². The summed E-state index contributed by atoms with van der Waals surface area (Å²) in [5.41, 5.74) is -0.553. The number of hydrogen-bond donors (Lipinski definition) is 2. The second-order valence-electron chi connectivity index (χ2n) is 5.54. The zero-order valence-electron chi connectivity index (χ0n) is 13.5. The number of carbonyl (C=O) groups excluding carboxylic acids is 1. The van der Waals surface area contributed by atoms with Gasteiger partial charge in [0.1, 0.15) is 6.04 Å². The molecule has 27 heavy (non-hydrogen) atoms. The van der Waals surface area contributed by atoms with Gasteiger partial charge >= 0.3 is 6.18 Å². The Balaban J connectivity index is 1.73. The fourth-order valence-electron chi connectivity index (χ4n) is 2.33. The summed E-state index contributed by atoms with van der Waals surface area (Å²) >= 11 is 10.4. The molecule has 0 radical (unpaired) electrons. The fraction of sp³-hybridized carbons (Fsp3) is 0.176. The van der Waals surface area contributed by atoms with Crippen molar-refractivity contribution < 1.29 is 18.0 Å². The minimum absolute atomic E-state index is 0.0733. The van der Waals surface area contributed by atoms with Crippen molar-refractivity contribution in [3.8, 4) is 0 Å². The number of halogens is 5. The lowest BCUT2D eigenvalue weighted by atomic mass is 10.1. The van der Waals surface area contributed by atoms with Crippen molar-refractivity contribution >= 4 is 61.7 Å². The third kappa shape index (κ3) is 4.97. The van der Waals surface area contributed by atoms with E-state index in [9.17, 15) is 18.0 Å². The summed E-state index contributed by atoms with van der Waals surface area (Å²) in [6.45, 7) is 0. The monoisotopic (exact) mass is 477 g/mol. The first kappa shape index (κ1) is 20.0. The van der Waals surface area contributed by atoms with Crippen LogP contribution in [0.4, 0.5) is 24.5 Å². The highest BCUT2D eigenvalue weighted by Gasteiger charge is 2.35. The molecule has 2 N–H and O–H groups in total. The van der Waals surface area contributed by atoms with Gasteiger partial charge in [-0.05, 0) is 36.4 Å². The average Bonchev–Trinajstić information content (AvgIpc) is 3.06. The summed E-state index contributed by atoms with van der Waals surface area (Å²) in [6, 6.07) is 9.84. The van der Waals surface area contributed by atoms with Crippen molar-refractivity contribution in [3.05, 3.63) is 57.5 Å². The van der Waals surface area contributed by atoms with E-state index in [-0.39, 0.29) is 21.8 Å². The SMILES string of the molecule is O=C(Nc1ccc(Br)cc1)C1CSC(Nc2c(Cl)cccc2C(F)(F)F)=N1. The van der Waals surface area contributed by atoms with E-state index < -0.39 is 17.8 Å². The van der Waals surface area contributed by atoms with E-state index in [4.69, 9.17) is 11.6 Å². The molecule has 1 aliphatic rings. The first-order valence-electron chi connectivity index (χ1n) is 7.64. The Hall–Kier alpha value is -1.71. The molecule has 0 aliphatic carbocycles. The number of nitrogens with one attached hydrogen (secondary N) is 2. The van der Waals surface area contributed by atoms with Gasteiger partial charge in [-0.25, -0.2) is 4.99 Å². The van der Waals surface area contributed by atoms with Crippen molar-refractivity contribution in [1.29, 1.82) is 0 Å². The molecule has 1 heterocycles. The molecule has 0 spiro atoms. The van der Waals surface area contributed by atoms with Gasteiger partial charge in [-0.1, -0.05) is 45.4 Å². The van der Waals surface area contributed by atoms with E-state index in [0.717, 1.165) is 22.3 Å². The summed E-state index contributed by atoms with van der Waals surface area (Å²) in [4.78, 5) is 16.5. The number of hydrogen-bond acceptors (Lipinski definition) is 4. The van der Waals surface area contributed by atoms with Crippen molar-refractivity contribution in [1.82, 2.24) is 0 Å². The largest absolute Gasteiger partial charge is 0.418 e. The third-order valence-corrected chi connectivity index (χ3v) is 5.42. The highest BCUT2D eigenvalue weighted by molar-refractivity contribution is 9.10. The van der Waals surface area contributed by atoms with E-state index >= 15 is 0 Å². The summed E-state index contributed by atoms with van der Waals surface area (Å²) < 4.78 is 40.4. The van der Waals surface area contributed by atoms with Gasteiger partial charge in [0.05, 0.1) is 16.3 Å². The molecule has 3 rings (SSSR count). The quantitative estimate of drug-likeness (QED) is 0.600. The molecule has 1 unspecified atom stereocenters. The van der Waals surface area contributed by atoms with Crippen molar-refractivity contribution in [2.24, 2.45) is 4.99 Å². The standard InChI is InChI=1S/C17H12BrClF3N3OS/c18-9-4-6-10(7-5-9)23-15(26)13-8-27-16(24-13)25-14-11(17(20,21)22)2-1-3-12(14)19/h1-7,13H,8H2,(H,23,26)(H,24,25). The maximum absolute atomic E-state index is 13.2. The molecule has 0 saturated carbocycles. The van der Waals surface area contributed by atoms with E-state index in [0.29, 0.717) is 11.4 Å². The molecule has 0 fully saturated rings. The lowest BCUT2D eigenvalue weighted by molar-refractivity contribution is -0.136. The lowest BCUT2D eigenvalue weighted by Crippen LogP contribution is -2.26. The van der Waals surface area contributed by atoms with Crippen molar-refractivity contribution in [3.63, 3.8) is 0 Å². The van der Waals surface area contributed by atoms with Gasteiger partial charge in [0.15, 0.2) is 5.17 Å². The van der Waals surface area contributed by atoms with Gasteiger partial charge in [-0.2, -0.15) is 13.2 Å².